The third kappa shape index (κ3) is 3.64. The van der Waals surface area contributed by atoms with Crippen molar-refractivity contribution < 1.29 is 18.4 Å². The molecule has 4 rings (SSSR count). The Morgan fingerprint density at radius 3 is 2.18 bits per heavy atom. The lowest BCUT2D eigenvalue weighted by atomic mass is 9.88. The molecule has 2 heterocycles. The fourth-order valence-electron chi connectivity index (χ4n) is 4.83. The van der Waals surface area contributed by atoms with Crippen LogP contribution in [0.25, 0.3) is 0 Å². The van der Waals surface area contributed by atoms with E-state index in [1.807, 2.05) is 4.90 Å². The van der Waals surface area contributed by atoms with Crippen LogP contribution in [0.2, 0.25) is 0 Å². The number of anilines is 1. The van der Waals surface area contributed by atoms with Gasteiger partial charge in [0.05, 0.1) is 6.04 Å². The Morgan fingerprint density at radius 2 is 1.54 bits per heavy atom. The van der Waals surface area contributed by atoms with Gasteiger partial charge in [-0.3, -0.25) is 14.5 Å². The molecule has 0 spiro atoms. The molecule has 1 aromatic carbocycles. The third-order valence-corrected chi connectivity index (χ3v) is 6.41. The van der Waals surface area contributed by atoms with Gasteiger partial charge in [-0.25, -0.2) is 8.78 Å². The maximum atomic E-state index is 14.1. The van der Waals surface area contributed by atoms with Crippen molar-refractivity contribution in [2.75, 3.05) is 37.6 Å². The van der Waals surface area contributed by atoms with Gasteiger partial charge >= 0.3 is 0 Å². The third-order valence-electron chi connectivity index (χ3n) is 6.41. The minimum Gasteiger partial charge on any atom is -0.340 e. The number of benzene rings is 1. The van der Waals surface area contributed by atoms with Crippen LogP contribution in [0.5, 0.6) is 0 Å². The molecular weight excluding hydrogens is 364 g/mol. The lowest BCUT2D eigenvalue weighted by molar-refractivity contribution is -0.139. The second kappa shape index (κ2) is 8.15. The molecule has 1 unspecified atom stereocenters. The number of rotatable bonds is 3. The van der Waals surface area contributed by atoms with Crippen molar-refractivity contribution in [2.24, 2.45) is 5.92 Å². The molecule has 152 valence electrons. The minimum absolute atomic E-state index is 0.160. The molecule has 1 atom stereocenters. The van der Waals surface area contributed by atoms with E-state index in [9.17, 15) is 18.4 Å². The fourth-order valence-corrected chi connectivity index (χ4v) is 4.83. The summed E-state index contributed by atoms with van der Waals surface area (Å²) < 4.78 is 28.1. The lowest BCUT2D eigenvalue weighted by Gasteiger charge is -2.39. The number of hydrogen-bond donors (Lipinski definition) is 0. The van der Waals surface area contributed by atoms with Gasteiger partial charge in [-0.1, -0.05) is 25.3 Å². The first kappa shape index (κ1) is 19.3. The zero-order valence-corrected chi connectivity index (χ0v) is 16.1. The topological polar surface area (TPSA) is 43.9 Å². The minimum atomic E-state index is -0.711. The van der Waals surface area contributed by atoms with E-state index in [0.717, 1.165) is 25.7 Å². The van der Waals surface area contributed by atoms with E-state index in [1.54, 1.807) is 0 Å². The van der Waals surface area contributed by atoms with Crippen LogP contribution in [-0.4, -0.2) is 60.4 Å². The van der Waals surface area contributed by atoms with E-state index >= 15 is 0 Å². The van der Waals surface area contributed by atoms with E-state index in [4.69, 9.17) is 0 Å². The second-order valence-corrected chi connectivity index (χ2v) is 8.06. The summed E-state index contributed by atoms with van der Waals surface area (Å²) in [5, 5.41) is 0. The smallest absolute Gasteiger partial charge is 0.244 e. The molecule has 0 N–H and O–H groups in total. The molecule has 0 bridgehead atoms. The zero-order chi connectivity index (χ0) is 19.7. The quantitative estimate of drug-likeness (QED) is 0.796. The number of carbonyl (C=O) groups excluding carboxylic acids is 2. The lowest BCUT2D eigenvalue weighted by Crippen LogP contribution is -2.54. The molecule has 7 heteroatoms. The van der Waals surface area contributed by atoms with Gasteiger partial charge in [-0.2, -0.15) is 0 Å². The van der Waals surface area contributed by atoms with Crippen LogP contribution in [0.4, 0.5) is 14.5 Å². The normalized spacial score (nSPS) is 24.8. The van der Waals surface area contributed by atoms with Crippen LogP contribution in [0.1, 0.15) is 38.5 Å². The van der Waals surface area contributed by atoms with E-state index < -0.39 is 11.6 Å². The van der Waals surface area contributed by atoms with Crippen molar-refractivity contribution in [1.82, 2.24) is 9.80 Å². The SMILES string of the molecule is O=C(C1CCCCC1)N1CCN(C2CCN(c3c(F)cccc3F)C2=O)CC1. The number of nitrogens with zero attached hydrogens (tertiary/aromatic N) is 3. The van der Waals surface area contributed by atoms with Crippen molar-refractivity contribution >= 4 is 17.5 Å². The number of carbonyl (C=O) groups is 2. The maximum absolute atomic E-state index is 14.1. The highest BCUT2D eigenvalue weighted by atomic mass is 19.1. The van der Waals surface area contributed by atoms with Gasteiger partial charge in [0.25, 0.3) is 0 Å². The first-order chi connectivity index (χ1) is 13.6. The maximum Gasteiger partial charge on any atom is 0.244 e. The Labute approximate surface area is 164 Å². The first-order valence-corrected chi connectivity index (χ1v) is 10.3. The Hall–Kier alpha value is -2.02. The van der Waals surface area contributed by atoms with Gasteiger partial charge in [0.15, 0.2) is 0 Å². The fraction of sp³-hybridized carbons (Fsp3) is 0.619. The summed E-state index contributed by atoms with van der Waals surface area (Å²) in [5.74, 6) is -1.26. The number of para-hydroxylation sites is 1. The predicted molar refractivity (Wildman–Crippen MR) is 102 cm³/mol. The molecule has 3 aliphatic rings. The summed E-state index contributed by atoms with van der Waals surface area (Å²) >= 11 is 0. The average Bonchev–Trinajstić information content (AvgIpc) is 3.09. The van der Waals surface area contributed by atoms with Crippen LogP contribution in [0, 0.1) is 17.6 Å². The van der Waals surface area contributed by atoms with Crippen LogP contribution >= 0.6 is 0 Å². The van der Waals surface area contributed by atoms with Gasteiger partial charge in [-0.15, -0.1) is 0 Å². The number of piperazine rings is 1. The summed E-state index contributed by atoms with van der Waals surface area (Å²) in [6.07, 6.45) is 6.01. The largest absolute Gasteiger partial charge is 0.340 e. The molecule has 0 aromatic heterocycles. The van der Waals surface area contributed by atoms with Crippen molar-refractivity contribution in [1.29, 1.82) is 0 Å². The van der Waals surface area contributed by atoms with Gasteiger partial charge in [0, 0.05) is 38.6 Å². The molecule has 2 aliphatic heterocycles. The standard InChI is InChI=1S/C21H27F2N3O2/c22-16-7-4-8-17(23)19(16)26-10-9-18(21(26)28)24-11-13-25(14-12-24)20(27)15-5-2-1-3-6-15/h4,7-8,15,18H,1-3,5-6,9-14H2. The molecule has 1 saturated carbocycles. The summed E-state index contributed by atoms with van der Waals surface area (Å²) in [4.78, 5) is 30.8. The van der Waals surface area contributed by atoms with Crippen LogP contribution in [0.15, 0.2) is 18.2 Å². The average molecular weight is 391 g/mol. The number of amides is 2. The molecule has 0 radical (unpaired) electrons. The van der Waals surface area contributed by atoms with Crippen LogP contribution < -0.4 is 4.90 Å². The van der Waals surface area contributed by atoms with Crippen LogP contribution in [0.3, 0.4) is 0 Å². The summed E-state index contributed by atoms with van der Waals surface area (Å²) in [7, 11) is 0. The molecule has 1 aromatic rings. The van der Waals surface area contributed by atoms with Gasteiger partial charge in [0.1, 0.15) is 17.3 Å². The van der Waals surface area contributed by atoms with Crippen molar-refractivity contribution in [3.63, 3.8) is 0 Å². The van der Waals surface area contributed by atoms with E-state index in [-0.39, 0.29) is 29.5 Å². The number of hydrogen-bond acceptors (Lipinski definition) is 3. The van der Waals surface area contributed by atoms with Crippen LogP contribution in [-0.2, 0) is 9.59 Å². The molecule has 1 aliphatic carbocycles. The van der Waals surface area contributed by atoms with E-state index in [2.05, 4.69) is 4.90 Å². The number of halogens is 2. The summed E-state index contributed by atoms with van der Waals surface area (Å²) in [6.45, 7) is 2.80. The monoisotopic (exact) mass is 391 g/mol. The highest BCUT2D eigenvalue weighted by molar-refractivity contribution is 5.99. The molecule has 2 amide bonds. The Morgan fingerprint density at radius 1 is 0.893 bits per heavy atom. The highest BCUT2D eigenvalue weighted by Crippen LogP contribution is 2.30. The van der Waals surface area contributed by atoms with E-state index in [0.29, 0.717) is 39.1 Å². The Bertz CT molecular complexity index is 723. The Balaban J connectivity index is 1.36. The first-order valence-electron chi connectivity index (χ1n) is 10.3. The Kier molecular flexibility index (Phi) is 5.62. The molecule has 28 heavy (non-hydrogen) atoms. The molecule has 5 nitrogen and oxygen atoms in total. The molecular formula is C21H27F2N3O2. The summed E-state index contributed by atoms with van der Waals surface area (Å²) in [6, 6.07) is 3.28. The van der Waals surface area contributed by atoms with Crippen molar-refractivity contribution in [3.05, 3.63) is 29.8 Å². The molecule has 3 fully saturated rings. The summed E-state index contributed by atoms with van der Waals surface area (Å²) in [5.41, 5.74) is -0.249. The van der Waals surface area contributed by atoms with Gasteiger partial charge in [0.2, 0.25) is 11.8 Å². The molecule has 2 saturated heterocycles. The van der Waals surface area contributed by atoms with Crippen molar-refractivity contribution in [3.8, 4) is 0 Å². The van der Waals surface area contributed by atoms with Gasteiger partial charge < -0.3 is 9.80 Å². The highest BCUT2D eigenvalue weighted by Gasteiger charge is 2.40. The van der Waals surface area contributed by atoms with Crippen molar-refractivity contribution in [2.45, 2.75) is 44.6 Å². The van der Waals surface area contributed by atoms with E-state index in [1.165, 1.54) is 29.5 Å². The predicted octanol–water partition coefficient (Wildman–Crippen LogP) is 2.79. The second-order valence-electron chi connectivity index (χ2n) is 8.06. The zero-order valence-electron chi connectivity index (χ0n) is 16.1. The van der Waals surface area contributed by atoms with Gasteiger partial charge in [-0.05, 0) is 31.4 Å².